The molecule has 1 unspecified atom stereocenters. The van der Waals surface area contributed by atoms with Crippen LogP contribution in [0.2, 0.25) is 0 Å². The highest BCUT2D eigenvalue weighted by molar-refractivity contribution is 9.10. The van der Waals surface area contributed by atoms with E-state index in [0.29, 0.717) is 30.3 Å². The van der Waals surface area contributed by atoms with Crippen molar-refractivity contribution in [2.75, 3.05) is 26.7 Å². The number of nitrogens with one attached hydrogen (secondary N) is 1. The Labute approximate surface area is 146 Å². The van der Waals surface area contributed by atoms with Gasteiger partial charge in [0.15, 0.2) is 0 Å². The van der Waals surface area contributed by atoms with E-state index in [4.69, 9.17) is 4.74 Å². The van der Waals surface area contributed by atoms with E-state index in [1.54, 1.807) is 10.4 Å². The van der Waals surface area contributed by atoms with Crippen LogP contribution >= 0.6 is 28.3 Å². The molecule has 22 heavy (non-hydrogen) atoms. The molecular formula is C14H20BrClN2O3S. The maximum atomic E-state index is 13.0. The Morgan fingerprint density at radius 1 is 1.45 bits per heavy atom. The van der Waals surface area contributed by atoms with Crippen LogP contribution in [-0.2, 0) is 16.4 Å². The molecule has 0 amide bonds. The summed E-state index contributed by atoms with van der Waals surface area (Å²) in [5, 5.41) is 3.08. The molecule has 0 saturated carbocycles. The van der Waals surface area contributed by atoms with Crippen molar-refractivity contribution in [2.45, 2.75) is 30.2 Å². The molecule has 8 heteroatoms. The molecule has 0 radical (unpaired) electrons. The third-order valence-electron chi connectivity index (χ3n) is 4.06. The van der Waals surface area contributed by atoms with Gasteiger partial charge in [-0.15, -0.1) is 12.4 Å². The van der Waals surface area contributed by atoms with Crippen LogP contribution in [0.4, 0.5) is 0 Å². The van der Waals surface area contributed by atoms with Crippen molar-refractivity contribution >= 4 is 38.4 Å². The van der Waals surface area contributed by atoms with Gasteiger partial charge in [-0.1, -0.05) is 15.9 Å². The van der Waals surface area contributed by atoms with E-state index in [9.17, 15) is 8.42 Å². The molecule has 2 aliphatic heterocycles. The van der Waals surface area contributed by atoms with E-state index in [0.717, 1.165) is 29.3 Å². The molecule has 1 N–H and O–H groups in total. The number of nitrogens with zero attached hydrogens (tertiary/aromatic N) is 1. The average Bonchev–Trinajstić information content (AvgIpc) is 3.06. The second-order valence-electron chi connectivity index (χ2n) is 5.46. The number of rotatable bonds is 4. The molecule has 2 aliphatic rings. The Balaban J connectivity index is 0.00000176. The molecule has 124 valence electrons. The minimum atomic E-state index is -3.52. The first-order valence-electron chi connectivity index (χ1n) is 7.15. The van der Waals surface area contributed by atoms with Gasteiger partial charge in [-0.05, 0) is 32.0 Å². The van der Waals surface area contributed by atoms with Gasteiger partial charge in [-0.2, -0.15) is 4.31 Å². The third-order valence-corrected chi connectivity index (χ3v) is 6.48. The van der Waals surface area contributed by atoms with Crippen LogP contribution in [0.15, 0.2) is 21.5 Å². The highest BCUT2D eigenvalue weighted by Gasteiger charge is 2.37. The van der Waals surface area contributed by atoms with Gasteiger partial charge in [0, 0.05) is 35.6 Å². The zero-order chi connectivity index (χ0) is 15.0. The lowest BCUT2D eigenvalue weighted by atomic mass is 10.2. The summed E-state index contributed by atoms with van der Waals surface area (Å²) in [6.45, 7) is 1.81. The average molecular weight is 412 g/mol. The van der Waals surface area contributed by atoms with Crippen LogP contribution in [-0.4, -0.2) is 45.5 Å². The Morgan fingerprint density at radius 2 is 2.23 bits per heavy atom. The Morgan fingerprint density at radius 3 is 2.95 bits per heavy atom. The van der Waals surface area contributed by atoms with Crippen molar-refractivity contribution < 1.29 is 13.2 Å². The second kappa shape index (κ2) is 7.05. The van der Waals surface area contributed by atoms with Crippen LogP contribution in [0.25, 0.3) is 0 Å². The van der Waals surface area contributed by atoms with E-state index >= 15 is 0 Å². The SMILES string of the molecule is CNCC1CCCN1S(=O)(=O)c1cc(Br)cc2c1OCC2.Cl. The summed E-state index contributed by atoms with van der Waals surface area (Å²) in [7, 11) is -1.67. The Bertz CT molecular complexity index is 654. The first-order chi connectivity index (χ1) is 10.0. The fourth-order valence-corrected chi connectivity index (χ4v) is 5.67. The van der Waals surface area contributed by atoms with Crippen LogP contribution in [0, 0.1) is 0 Å². The highest BCUT2D eigenvalue weighted by Crippen LogP contribution is 2.38. The quantitative estimate of drug-likeness (QED) is 0.825. The molecule has 1 fully saturated rings. The molecule has 0 spiro atoms. The summed E-state index contributed by atoms with van der Waals surface area (Å²) >= 11 is 3.41. The number of fused-ring (bicyclic) bond motifs is 1. The number of hydrogen-bond donors (Lipinski definition) is 1. The predicted octanol–water partition coefficient (Wildman–Crippen LogP) is 2.18. The fourth-order valence-electron chi connectivity index (χ4n) is 3.12. The Kier molecular flexibility index (Phi) is 5.77. The molecule has 1 atom stereocenters. The van der Waals surface area contributed by atoms with Gasteiger partial charge < -0.3 is 10.1 Å². The first-order valence-corrected chi connectivity index (χ1v) is 9.39. The van der Waals surface area contributed by atoms with Crippen molar-refractivity contribution in [2.24, 2.45) is 0 Å². The van der Waals surface area contributed by atoms with Gasteiger partial charge in [0.25, 0.3) is 0 Å². The topological polar surface area (TPSA) is 58.6 Å². The van der Waals surface area contributed by atoms with Gasteiger partial charge in [0.1, 0.15) is 10.6 Å². The highest BCUT2D eigenvalue weighted by atomic mass is 79.9. The van der Waals surface area contributed by atoms with Crippen molar-refractivity contribution in [3.63, 3.8) is 0 Å². The standard InChI is InChI=1S/C14H19BrN2O3S.ClH/c1-16-9-12-3-2-5-17(12)21(18,19)13-8-11(15)7-10-4-6-20-14(10)13;/h7-8,12,16H,2-6,9H2,1H3;1H. The monoisotopic (exact) mass is 410 g/mol. The van der Waals surface area contributed by atoms with Gasteiger partial charge >= 0.3 is 0 Å². The molecule has 1 aromatic carbocycles. The minimum Gasteiger partial charge on any atom is -0.492 e. The zero-order valence-electron chi connectivity index (χ0n) is 12.3. The van der Waals surface area contributed by atoms with Crippen molar-refractivity contribution in [3.8, 4) is 5.75 Å². The van der Waals surface area contributed by atoms with Gasteiger partial charge in [-0.3, -0.25) is 0 Å². The fraction of sp³-hybridized carbons (Fsp3) is 0.571. The smallest absolute Gasteiger partial charge is 0.247 e. The van der Waals surface area contributed by atoms with Crippen molar-refractivity contribution in [1.29, 1.82) is 0 Å². The molecule has 1 saturated heterocycles. The summed E-state index contributed by atoms with van der Waals surface area (Å²) in [6.07, 6.45) is 2.57. The minimum absolute atomic E-state index is 0. The summed E-state index contributed by atoms with van der Waals surface area (Å²) in [4.78, 5) is 0.298. The van der Waals surface area contributed by atoms with Crippen LogP contribution in [0.3, 0.4) is 0 Å². The lowest BCUT2D eigenvalue weighted by molar-refractivity contribution is 0.343. The van der Waals surface area contributed by atoms with E-state index in [-0.39, 0.29) is 18.4 Å². The number of halogens is 2. The lowest BCUT2D eigenvalue weighted by Gasteiger charge is -2.24. The molecule has 0 aromatic heterocycles. The van der Waals surface area contributed by atoms with Crippen LogP contribution in [0.1, 0.15) is 18.4 Å². The number of sulfonamides is 1. The lowest BCUT2D eigenvalue weighted by Crippen LogP contribution is -2.40. The predicted molar refractivity (Wildman–Crippen MR) is 91.4 cm³/mol. The Hall–Kier alpha value is -0.340. The maximum absolute atomic E-state index is 13.0. The van der Waals surface area contributed by atoms with E-state index in [2.05, 4.69) is 21.2 Å². The summed E-state index contributed by atoms with van der Waals surface area (Å²) in [6, 6.07) is 3.63. The molecule has 0 aliphatic carbocycles. The van der Waals surface area contributed by atoms with Crippen LogP contribution < -0.4 is 10.1 Å². The number of benzene rings is 1. The van der Waals surface area contributed by atoms with Gasteiger partial charge in [0.2, 0.25) is 10.0 Å². The van der Waals surface area contributed by atoms with E-state index in [1.807, 2.05) is 13.1 Å². The summed E-state index contributed by atoms with van der Waals surface area (Å²) in [5.74, 6) is 0.535. The van der Waals surface area contributed by atoms with Crippen molar-refractivity contribution in [1.82, 2.24) is 9.62 Å². The largest absolute Gasteiger partial charge is 0.492 e. The van der Waals surface area contributed by atoms with Crippen molar-refractivity contribution in [3.05, 3.63) is 22.2 Å². The van der Waals surface area contributed by atoms with E-state index < -0.39 is 10.0 Å². The number of ether oxygens (including phenoxy) is 1. The first kappa shape index (κ1) is 18.0. The van der Waals surface area contributed by atoms with Crippen LogP contribution in [0.5, 0.6) is 5.75 Å². The summed E-state index contributed by atoms with van der Waals surface area (Å²) in [5.41, 5.74) is 0.965. The van der Waals surface area contributed by atoms with E-state index in [1.165, 1.54) is 0 Å². The third kappa shape index (κ3) is 3.14. The molecule has 5 nitrogen and oxygen atoms in total. The summed E-state index contributed by atoms with van der Waals surface area (Å²) < 4.78 is 34.0. The molecule has 3 rings (SSSR count). The second-order valence-corrected chi connectivity index (χ2v) is 8.23. The molecule has 0 bridgehead atoms. The van der Waals surface area contributed by atoms with Gasteiger partial charge in [0.05, 0.1) is 6.61 Å². The molecular weight excluding hydrogens is 392 g/mol. The normalized spacial score (nSPS) is 21.3. The molecule has 2 heterocycles. The number of likely N-dealkylation sites (N-methyl/N-ethyl adjacent to an activating group) is 1. The number of hydrogen-bond acceptors (Lipinski definition) is 4. The van der Waals surface area contributed by atoms with Gasteiger partial charge in [-0.25, -0.2) is 8.42 Å². The molecule has 1 aromatic rings. The zero-order valence-corrected chi connectivity index (χ0v) is 15.6. The maximum Gasteiger partial charge on any atom is 0.247 e.